The number of hydrogen-bond donors (Lipinski definition) is 1. The Morgan fingerprint density at radius 2 is 2.33 bits per heavy atom. The van der Waals surface area contributed by atoms with Gasteiger partial charge in [-0.15, -0.1) is 0 Å². The molecule has 1 saturated heterocycles. The SMILES string of the molecule is CN1CC(Nc2nc3ccc([N+](=O)[O-])cc3o2)CCC1=O. The Labute approximate surface area is 119 Å². The number of likely N-dealkylation sites (N-methyl/N-ethyl adjacent to an activating group) is 1. The molecule has 21 heavy (non-hydrogen) atoms. The molecule has 1 unspecified atom stereocenters. The van der Waals surface area contributed by atoms with Gasteiger partial charge in [0.2, 0.25) is 5.91 Å². The highest BCUT2D eigenvalue weighted by molar-refractivity contribution is 5.78. The van der Waals surface area contributed by atoms with Crippen LogP contribution in [0.4, 0.5) is 11.7 Å². The van der Waals surface area contributed by atoms with Crippen LogP contribution in [0.15, 0.2) is 22.6 Å². The molecule has 0 bridgehead atoms. The van der Waals surface area contributed by atoms with Gasteiger partial charge in [-0.1, -0.05) is 0 Å². The zero-order chi connectivity index (χ0) is 15.0. The van der Waals surface area contributed by atoms with Gasteiger partial charge in [0, 0.05) is 32.1 Å². The molecule has 1 aliphatic rings. The van der Waals surface area contributed by atoms with E-state index in [0.717, 1.165) is 0 Å². The van der Waals surface area contributed by atoms with Crippen LogP contribution in [-0.2, 0) is 4.79 Å². The third kappa shape index (κ3) is 2.64. The van der Waals surface area contributed by atoms with Gasteiger partial charge in [0.15, 0.2) is 5.58 Å². The van der Waals surface area contributed by atoms with Gasteiger partial charge in [0.25, 0.3) is 11.7 Å². The molecule has 8 heteroatoms. The number of carbonyl (C=O) groups excluding carboxylic acids is 1. The molecule has 110 valence electrons. The van der Waals surface area contributed by atoms with Gasteiger partial charge < -0.3 is 14.6 Å². The summed E-state index contributed by atoms with van der Waals surface area (Å²) in [5, 5.41) is 13.9. The van der Waals surface area contributed by atoms with Crippen LogP contribution in [0.3, 0.4) is 0 Å². The summed E-state index contributed by atoms with van der Waals surface area (Å²) < 4.78 is 5.49. The van der Waals surface area contributed by atoms with Gasteiger partial charge in [-0.3, -0.25) is 14.9 Å². The number of nitrogens with zero attached hydrogens (tertiary/aromatic N) is 3. The quantitative estimate of drug-likeness (QED) is 0.682. The Hall–Kier alpha value is -2.64. The number of non-ortho nitro benzene ring substituents is 1. The minimum atomic E-state index is -0.475. The number of benzene rings is 1. The Balaban J connectivity index is 1.78. The largest absolute Gasteiger partial charge is 0.423 e. The fraction of sp³-hybridized carbons (Fsp3) is 0.385. The molecule has 2 heterocycles. The molecule has 0 spiro atoms. The van der Waals surface area contributed by atoms with Crippen molar-refractivity contribution in [2.75, 3.05) is 18.9 Å². The average molecular weight is 290 g/mol. The number of fused-ring (bicyclic) bond motifs is 1. The lowest BCUT2D eigenvalue weighted by molar-refractivity contribution is -0.384. The van der Waals surface area contributed by atoms with Crippen molar-refractivity contribution >= 4 is 28.7 Å². The van der Waals surface area contributed by atoms with Crippen LogP contribution in [0.1, 0.15) is 12.8 Å². The number of nitro groups is 1. The van der Waals surface area contributed by atoms with Crippen LogP contribution in [0.25, 0.3) is 11.1 Å². The predicted molar refractivity (Wildman–Crippen MR) is 74.9 cm³/mol. The fourth-order valence-corrected chi connectivity index (χ4v) is 2.39. The zero-order valence-corrected chi connectivity index (χ0v) is 11.4. The highest BCUT2D eigenvalue weighted by atomic mass is 16.6. The topological polar surface area (TPSA) is 102 Å². The highest BCUT2D eigenvalue weighted by Crippen LogP contribution is 2.24. The van der Waals surface area contributed by atoms with Crippen LogP contribution >= 0.6 is 0 Å². The lowest BCUT2D eigenvalue weighted by atomic mass is 10.1. The second kappa shape index (κ2) is 5.04. The molecular formula is C13H14N4O4. The van der Waals surface area contributed by atoms with E-state index in [1.165, 1.54) is 12.1 Å². The van der Waals surface area contributed by atoms with Crippen molar-refractivity contribution in [2.24, 2.45) is 0 Å². The molecule has 0 saturated carbocycles. The van der Waals surface area contributed by atoms with Crippen molar-refractivity contribution in [1.29, 1.82) is 0 Å². The second-order valence-electron chi connectivity index (χ2n) is 5.08. The molecule has 1 aromatic carbocycles. The maximum absolute atomic E-state index is 11.4. The molecule has 0 radical (unpaired) electrons. The van der Waals surface area contributed by atoms with Crippen LogP contribution in [0.5, 0.6) is 0 Å². The molecule has 1 aliphatic heterocycles. The third-order valence-electron chi connectivity index (χ3n) is 3.54. The van der Waals surface area contributed by atoms with E-state index in [4.69, 9.17) is 4.42 Å². The Morgan fingerprint density at radius 3 is 3.05 bits per heavy atom. The van der Waals surface area contributed by atoms with E-state index in [1.807, 2.05) is 0 Å². The van der Waals surface area contributed by atoms with Crippen LogP contribution in [0, 0.1) is 10.1 Å². The summed E-state index contributed by atoms with van der Waals surface area (Å²) in [7, 11) is 1.76. The lowest BCUT2D eigenvalue weighted by Gasteiger charge is -2.29. The number of oxazole rings is 1. The van der Waals surface area contributed by atoms with E-state index in [0.29, 0.717) is 36.5 Å². The number of likely N-dealkylation sites (tertiary alicyclic amines) is 1. The molecular weight excluding hydrogens is 276 g/mol. The Bertz CT molecular complexity index is 711. The van der Waals surface area contributed by atoms with Crippen molar-refractivity contribution < 1.29 is 14.1 Å². The van der Waals surface area contributed by atoms with Gasteiger partial charge in [-0.25, -0.2) is 0 Å². The summed E-state index contributed by atoms with van der Waals surface area (Å²) in [6, 6.07) is 4.68. The maximum atomic E-state index is 11.4. The van der Waals surface area contributed by atoms with Crippen molar-refractivity contribution in [2.45, 2.75) is 18.9 Å². The number of anilines is 1. The second-order valence-corrected chi connectivity index (χ2v) is 5.08. The highest BCUT2D eigenvalue weighted by Gasteiger charge is 2.24. The normalized spacial score (nSPS) is 19.0. The number of aromatic nitrogens is 1. The number of amides is 1. The minimum absolute atomic E-state index is 0.0341. The van der Waals surface area contributed by atoms with Gasteiger partial charge >= 0.3 is 0 Å². The Kier molecular flexibility index (Phi) is 3.20. The first-order valence-electron chi connectivity index (χ1n) is 6.58. The number of rotatable bonds is 3. The molecule has 2 aromatic rings. The molecule has 1 amide bonds. The average Bonchev–Trinajstić information content (AvgIpc) is 2.84. The fourth-order valence-electron chi connectivity index (χ4n) is 2.39. The number of hydrogen-bond acceptors (Lipinski definition) is 6. The first-order valence-corrected chi connectivity index (χ1v) is 6.58. The summed E-state index contributed by atoms with van der Waals surface area (Å²) in [6.07, 6.45) is 1.20. The van der Waals surface area contributed by atoms with Crippen molar-refractivity contribution in [3.8, 4) is 0 Å². The molecule has 8 nitrogen and oxygen atoms in total. The van der Waals surface area contributed by atoms with Crippen molar-refractivity contribution in [3.63, 3.8) is 0 Å². The molecule has 1 atom stereocenters. The van der Waals surface area contributed by atoms with E-state index in [-0.39, 0.29) is 17.6 Å². The minimum Gasteiger partial charge on any atom is -0.423 e. The van der Waals surface area contributed by atoms with Gasteiger partial charge in [-0.05, 0) is 12.5 Å². The van der Waals surface area contributed by atoms with Gasteiger partial charge in [0.1, 0.15) is 5.52 Å². The van der Waals surface area contributed by atoms with Crippen LogP contribution in [-0.4, -0.2) is 40.3 Å². The predicted octanol–water partition coefficient (Wildman–Crippen LogP) is 1.77. The Morgan fingerprint density at radius 1 is 1.52 bits per heavy atom. The standard InChI is InChI=1S/C13H14N4O4/c1-16-7-8(2-5-12(16)18)14-13-15-10-4-3-9(17(19)20)6-11(10)21-13/h3-4,6,8H,2,5,7H2,1H3,(H,14,15). The summed E-state index contributed by atoms with van der Waals surface area (Å²) in [6.45, 7) is 0.581. The summed E-state index contributed by atoms with van der Waals surface area (Å²) in [5.41, 5.74) is 0.892. The van der Waals surface area contributed by atoms with E-state index in [9.17, 15) is 14.9 Å². The zero-order valence-electron chi connectivity index (χ0n) is 11.4. The number of carbonyl (C=O) groups is 1. The maximum Gasteiger partial charge on any atom is 0.295 e. The smallest absolute Gasteiger partial charge is 0.295 e. The van der Waals surface area contributed by atoms with Gasteiger partial charge in [0.05, 0.1) is 11.0 Å². The van der Waals surface area contributed by atoms with E-state index < -0.39 is 4.92 Å². The molecule has 3 rings (SSSR count). The monoisotopic (exact) mass is 290 g/mol. The third-order valence-corrected chi connectivity index (χ3v) is 3.54. The van der Waals surface area contributed by atoms with Crippen LogP contribution < -0.4 is 5.32 Å². The number of nitro benzene ring substituents is 1. The number of piperidine rings is 1. The van der Waals surface area contributed by atoms with E-state index >= 15 is 0 Å². The molecule has 0 aliphatic carbocycles. The lowest BCUT2D eigenvalue weighted by Crippen LogP contribution is -2.43. The summed E-state index contributed by atoms with van der Waals surface area (Å²) in [4.78, 5) is 27.6. The molecule has 1 fully saturated rings. The number of nitrogens with one attached hydrogen (secondary N) is 1. The van der Waals surface area contributed by atoms with Crippen molar-refractivity contribution in [3.05, 3.63) is 28.3 Å². The molecule has 1 N–H and O–H groups in total. The first kappa shape index (κ1) is 13.3. The van der Waals surface area contributed by atoms with Gasteiger partial charge in [-0.2, -0.15) is 4.98 Å². The van der Waals surface area contributed by atoms with Crippen LogP contribution in [0.2, 0.25) is 0 Å². The van der Waals surface area contributed by atoms with E-state index in [1.54, 1.807) is 18.0 Å². The summed E-state index contributed by atoms with van der Waals surface area (Å²) >= 11 is 0. The first-order chi connectivity index (χ1) is 10.0. The van der Waals surface area contributed by atoms with E-state index in [2.05, 4.69) is 10.3 Å². The summed E-state index contributed by atoms with van der Waals surface area (Å²) in [5.74, 6) is 0.126. The van der Waals surface area contributed by atoms with Crippen molar-refractivity contribution in [1.82, 2.24) is 9.88 Å². The molecule has 1 aromatic heterocycles.